The van der Waals surface area contributed by atoms with E-state index in [9.17, 15) is 5.11 Å². The first kappa shape index (κ1) is 16.1. The van der Waals surface area contributed by atoms with E-state index in [2.05, 4.69) is 57.2 Å². The summed E-state index contributed by atoms with van der Waals surface area (Å²) in [6.07, 6.45) is 3.77. The van der Waals surface area contributed by atoms with Gasteiger partial charge in [-0.1, -0.05) is 36.8 Å². The molecule has 0 bridgehead atoms. The van der Waals surface area contributed by atoms with Gasteiger partial charge in [0.15, 0.2) is 0 Å². The van der Waals surface area contributed by atoms with E-state index in [0.29, 0.717) is 5.75 Å². The quantitative estimate of drug-likeness (QED) is 0.586. The van der Waals surface area contributed by atoms with Gasteiger partial charge in [0.05, 0.1) is 9.83 Å². The van der Waals surface area contributed by atoms with E-state index < -0.39 is 0 Å². The number of phenols is 1. The molecule has 1 fully saturated rings. The highest BCUT2D eigenvalue weighted by Gasteiger charge is 2.28. The van der Waals surface area contributed by atoms with Gasteiger partial charge in [0.1, 0.15) is 5.75 Å². The Labute approximate surface area is 154 Å². The van der Waals surface area contributed by atoms with E-state index in [0.717, 1.165) is 27.8 Å². The van der Waals surface area contributed by atoms with Gasteiger partial charge in [-0.05, 0) is 70.8 Å². The lowest BCUT2D eigenvalue weighted by atomic mass is 9.94. The highest BCUT2D eigenvalue weighted by molar-refractivity contribution is 9.11. The Bertz CT molecular complexity index is 854. The van der Waals surface area contributed by atoms with Crippen molar-refractivity contribution < 1.29 is 5.11 Å². The van der Waals surface area contributed by atoms with Crippen LogP contribution in [0.15, 0.2) is 52.3 Å². The topological polar surface area (TPSA) is 23.5 Å². The minimum absolute atomic E-state index is 0.118. The predicted octanol–water partition coefficient (Wildman–Crippen LogP) is 5.94. The minimum Gasteiger partial charge on any atom is -0.508 e. The third kappa shape index (κ3) is 2.99. The Morgan fingerprint density at radius 3 is 2.50 bits per heavy atom. The molecule has 3 aromatic rings. The van der Waals surface area contributed by atoms with Gasteiger partial charge in [-0.2, -0.15) is 0 Å². The van der Waals surface area contributed by atoms with Crippen LogP contribution in [0.4, 0.5) is 0 Å². The molecule has 1 aliphatic rings. The van der Waals surface area contributed by atoms with E-state index in [1.165, 1.54) is 29.5 Å². The number of nitrogens with zero attached hydrogens (tertiary/aromatic N) is 1. The van der Waals surface area contributed by atoms with Gasteiger partial charge in [-0.3, -0.25) is 4.90 Å². The van der Waals surface area contributed by atoms with Crippen molar-refractivity contribution in [3.63, 3.8) is 0 Å². The molecule has 1 atom stereocenters. The first-order valence-electron chi connectivity index (χ1n) is 8.44. The van der Waals surface area contributed by atoms with E-state index in [1.54, 1.807) is 11.3 Å². The van der Waals surface area contributed by atoms with Crippen molar-refractivity contribution in [1.29, 1.82) is 0 Å². The number of hydrogen-bond acceptors (Lipinski definition) is 3. The molecular formula is C20H20BrNOS. The smallest absolute Gasteiger partial charge is 0.121 e. The van der Waals surface area contributed by atoms with E-state index in [-0.39, 0.29) is 6.04 Å². The summed E-state index contributed by atoms with van der Waals surface area (Å²) in [5, 5.41) is 13.1. The molecule has 124 valence electrons. The lowest BCUT2D eigenvalue weighted by molar-refractivity contribution is 0.188. The first-order chi connectivity index (χ1) is 11.7. The summed E-state index contributed by atoms with van der Waals surface area (Å²) in [6, 6.07) is 16.6. The van der Waals surface area contributed by atoms with Crippen LogP contribution in [-0.2, 0) is 0 Å². The molecule has 24 heavy (non-hydrogen) atoms. The second-order valence-electron chi connectivity index (χ2n) is 6.36. The molecular weight excluding hydrogens is 382 g/mol. The molecule has 4 heteroatoms. The van der Waals surface area contributed by atoms with Crippen LogP contribution in [0, 0.1) is 0 Å². The summed E-state index contributed by atoms with van der Waals surface area (Å²) in [7, 11) is 0. The van der Waals surface area contributed by atoms with Crippen molar-refractivity contribution in [2.75, 3.05) is 13.1 Å². The van der Waals surface area contributed by atoms with Crippen molar-refractivity contribution in [2.24, 2.45) is 0 Å². The fourth-order valence-corrected chi connectivity index (χ4v) is 5.30. The number of likely N-dealkylation sites (tertiary alicyclic amines) is 1. The fourth-order valence-electron chi connectivity index (χ4n) is 3.73. The molecule has 0 spiro atoms. The van der Waals surface area contributed by atoms with E-state index >= 15 is 0 Å². The van der Waals surface area contributed by atoms with Crippen LogP contribution in [0.1, 0.15) is 35.7 Å². The lowest BCUT2D eigenvalue weighted by Crippen LogP contribution is -2.34. The number of fused-ring (bicyclic) bond motifs is 1. The second kappa shape index (κ2) is 6.87. The number of benzene rings is 2. The average molecular weight is 402 g/mol. The summed E-state index contributed by atoms with van der Waals surface area (Å²) >= 11 is 5.37. The van der Waals surface area contributed by atoms with E-state index in [1.807, 2.05) is 12.1 Å². The van der Waals surface area contributed by atoms with Crippen LogP contribution in [0.5, 0.6) is 5.75 Å². The molecule has 0 saturated carbocycles. The molecule has 1 aromatic heterocycles. The van der Waals surface area contributed by atoms with E-state index in [4.69, 9.17) is 0 Å². The maximum atomic E-state index is 10.7. The predicted molar refractivity (Wildman–Crippen MR) is 105 cm³/mol. The summed E-state index contributed by atoms with van der Waals surface area (Å²) in [5.41, 5.74) is 1.05. The summed E-state index contributed by atoms with van der Waals surface area (Å²) in [4.78, 5) is 3.82. The number of halogens is 1. The zero-order valence-corrected chi connectivity index (χ0v) is 15.8. The molecule has 0 amide bonds. The van der Waals surface area contributed by atoms with Crippen LogP contribution in [0.25, 0.3) is 10.8 Å². The molecule has 1 N–H and O–H groups in total. The third-order valence-electron chi connectivity index (χ3n) is 4.84. The summed E-state index contributed by atoms with van der Waals surface area (Å²) in [5.74, 6) is 0.397. The second-order valence-corrected chi connectivity index (χ2v) is 8.86. The van der Waals surface area contributed by atoms with Gasteiger partial charge >= 0.3 is 0 Å². The van der Waals surface area contributed by atoms with Crippen molar-refractivity contribution >= 4 is 38.0 Å². The average Bonchev–Trinajstić information content (AvgIpc) is 3.04. The van der Waals surface area contributed by atoms with Crippen LogP contribution in [0.3, 0.4) is 0 Å². The maximum absolute atomic E-state index is 10.7. The van der Waals surface area contributed by atoms with Gasteiger partial charge in [-0.25, -0.2) is 0 Å². The van der Waals surface area contributed by atoms with Crippen LogP contribution >= 0.6 is 27.3 Å². The lowest BCUT2D eigenvalue weighted by Gasteiger charge is -2.35. The largest absolute Gasteiger partial charge is 0.508 e. The molecule has 0 aliphatic carbocycles. The van der Waals surface area contributed by atoms with Crippen molar-refractivity contribution in [1.82, 2.24) is 4.90 Å². The van der Waals surface area contributed by atoms with Gasteiger partial charge in [0.25, 0.3) is 0 Å². The maximum Gasteiger partial charge on any atom is 0.121 e. The molecule has 0 radical (unpaired) electrons. The molecule has 1 aliphatic heterocycles. The number of hydrogen-bond donors (Lipinski definition) is 1. The molecule has 2 aromatic carbocycles. The van der Waals surface area contributed by atoms with Gasteiger partial charge in [0.2, 0.25) is 0 Å². The van der Waals surface area contributed by atoms with Crippen LogP contribution in [0.2, 0.25) is 0 Å². The minimum atomic E-state index is 0.118. The molecule has 2 heterocycles. The monoisotopic (exact) mass is 401 g/mol. The zero-order valence-electron chi connectivity index (χ0n) is 13.4. The van der Waals surface area contributed by atoms with Crippen LogP contribution < -0.4 is 0 Å². The fraction of sp³-hybridized carbons (Fsp3) is 0.300. The standard InChI is InChI=1S/C20H20BrNOS/c21-18-11-10-17(24-18)20(22-12-4-1-5-13-22)19-15-7-3-2-6-14(15)8-9-16(19)23/h2-3,6-11,20,23H,1,4-5,12-13H2. The Balaban J connectivity index is 1.91. The van der Waals surface area contributed by atoms with Crippen molar-refractivity contribution in [2.45, 2.75) is 25.3 Å². The summed E-state index contributed by atoms with van der Waals surface area (Å²) in [6.45, 7) is 2.17. The van der Waals surface area contributed by atoms with Crippen molar-refractivity contribution in [3.05, 3.63) is 62.8 Å². The van der Waals surface area contributed by atoms with Gasteiger partial charge in [-0.15, -0.1) is 11.3 Å². The number of piperidine rings is 1. The van der Waals surface area contributed by atoms with Gasteiger partial charge < -0.3 is 5.11 Å². The number of rotatable bonds is 3. The Morgan fingerprint density at radius 2 is 1.75 bits per heavy atom. The van der Waals surface area contributed by atoms with Gasteiger partial charge in [0, 0.05) is 10.4 Å². The van der Waals surface area contributed by atoms with Crippen molar-refractivity contribution in [3.8, 4) is 5.75 Å². The normalized spacial score (nSPS) is 17.2. The number of phenolic OH excluding ortho intramolecular Hbond substituents is 1. The number of aromatic hydroxyl groups is 1. The molecule has 2 nitrogen and oxygen atoms in total. The molecule has 1 unspecified atom stereocenters. The highest BCUT2D eigenvalue weighted by Crippen LogP contribution is 2.43. The Kier molecular flexibility index (Phi) is 4.61. The Morgan fingerprint density at radius 1 is 0.958 bits per heavy atom. The van der Waals surface area contributed by atoms with Crippen LogP contribution in [-0.4, -0.2) is 23.1 Å². The Hall–Kier alpha value is -1.36. The molecule has 1 saturated heterocycles. The zero-order chi connectivity index (χ0) is 16.5. The SMILES string of the molecule is Oc1ccc2ccccc2c1C(c1ccc(Br)s1)N1CCCCC1. The summed E-state index contributed by atoms with van der Waals surface area (Å²) < 4.78 is 1.14. The third-order valence-corrected chi connectivity index (χ3v) is 6.52. The first-order valence-corrected chi connectivity index (χ1v) is 10.0. The highest BCUT2D eigenvalue weighted by atomic mass is 79.9. The number of thiophene rings is 1. The molecule has 4 rings (SSSR count).